The van der Waals surface area contributed by atoms with Gasteiger partial charge in [-0.05, 0) is 43.4 Å². The van der Waals surface area contributed by atoms with Gasteiger partial charge in [-0.1, -0.05) is 318 Å². The van der Waals surface area contributed by atoms with Crippen LogP contribution >= 0.6 is 15.6 Å². The predicted molar refractivity (Wildman–Crippen MR) is 372 cm³/mol. The minimum absolute atomic E-state index is 0.104. The molecule has 19 heteroatoms. The fourth-order valence-electron chi connectivity index (χ4n) is 11.0. The van der Waals surface area contributed by atoms with Crippen LogP contribution in [0.1, 0.15) is 370 Å². The summed E-state index contributed by atoms with van der Waals surface area (Å²) in [5, 5.41) is 10.6. The Bertz CT molecular complexity index is 1800. The van der Waals surface area contributed by atoms with E-state index in [0.717, 1.165) is 114 Å². The highest BCUT2D eigenvalue weighted by Gasteiger charge is 2.30. The lowest BCUT2D eigenvalue weighted by Gasteiger charge is -2.21. The van der Waals surface area contributed by atoms with Crippen LogP contribution < -0.4 is 0 Å². The molecule has 0 aromatic carbocycles. The summed E-state index contributed by atoms with van der Waals surface area (Å²) in [5.41, 5.74) is 0. The summed E-state index contributed by atoms with van der Waals surface area (Å²) < 4.78 is 68.4. The zero-order valence-corrected chi connectivity index (χ0v) is 61.8. The highest BCUT2D eigenvalue weighted by Crippen LogP contribution is 2.45. The third kappa shape index (κ3) is 65.4. The molecule has 0 saturated heterocycles. The average molecular weight is 1350 g/mol. The number of ether oxygens (including phenoxy) is 4. The van der Waals surface area contributed by atoms with Gasteiger partial charge in [-0.15, -0.1) is 0 Å². The molecule has 0 saturated carbocycles. The van der Waals surface area contributed by atoms with Crippen molar-refractivity contribution in [2.75, 3.05) is 39.6 Å². The second kappa shape index (κ2) is 63.8. The monoisotopic (exact) mass is 1350 g/mol. The molecule has 0 bridgehead atoms. The molecule has 0 rings (SSSR count). The molecule has 0 amide bonds. The van der Waals surface area contributed by atoms with Crippen molar-refractivity contribution in [3.05, 3.63) is 0 Å². The van der Waals surface area contributed by atoms with E-state index in [-0.39, 0.29) is 25.7 Å². The van der Waals surface area contributed by atoms with Gasteiger partial charge in [0.2, 0.25) is 0 Å². The molecule has 0 aromatic heterocycles. The van der Waals surface area contributed by atoms with Crippen molar-refractivity contribution < 1.29 is 80.2 Å². The molecule has 3 unspecified atom stereocenters. The molecular formula is C73H142O17P2. The number of hydrogen-bond donors (Lipinski definition) is 3. The summed E-state index contributed by atoms with van der Waals surface area (Å²) in [4.78, 5) is 72.7. The van der Waals surface area contributed by atoms with Crippen molar-refractivity contribution in [1.29, 1.82) is 0 Å². The zero-order chi connectivity index (χ0) is 68.0. The molecule has 0 aliphatic heterocycles. The standard InChI is InChI=1S/C73H142O17P2/c1-8-10-11-12-13-14-15-18-22-27-32-40-47-54-70(75)83-60-68(89-72(77)56-49-42-33-28-23-20-17-16-19-21-25-30-37-44-51-64(3)4)62-87-91(79,80)85-58-67(74)59-86-92(81,82)88-63-69(61-84-71(76)55-48-41-36-35-39-46-53-66(7)9-2)90-73(78)57-50-43-34-29-24-26-31-38-45-52-65(5)6/h64-69,74H,8-63H2,1-7H3,(H,79,80)(H,81,82)/t66?,67-,68-,69-/m1/s1. The number of carbonyl (C=O) groups is 4. The van der Waals surface area contributed by atoms with E-state index in [1.165, 1.54) is 173 Å². The first-order valence-corrected chi connectivity index (χ1v) is 40.9. The maximum Gasteiger partial charge on any atom is 0.472 e. The Morgan fingerprint density at radius 1 is 0.315 bits per heavy atom. The molecule has 92 heavy (non-hydrogen) atoms. The summed E-state index contributed by atoms with van der Waals surface area (Å²) in [7, 11) is -9.91. The second-order valence-electron chi connectivity index (χ2n) is 27.5. The number of aliphatic hydroxyl groups excluding tert-OH is 1. The average Bonchev–Trinajstić information content (AvgIpc) is 1.59. The number of hydrogen-bond acceptors (Lipinski definition) is 15. The van der Waals surface area contributed by atoms with E-state index in [9.17, 15) is 43.2 Å². The van der Waals surface area contributed by atoms with Gasteiger partial charge in [0, 0.05) is 25.7 Å². The molecule has 0 radical (unpaired) electrons. The van der Waals surface area contributed by atoms with Gasteiger partial charge in [-0.25, -0.2) is 9.13 Å². The lowest BCUT2D eigenvalue weighted by Crippen LogP contribution is -2.30. The van der Waals surface area contributed by atoms with Crippen LogP contribution in [-0.2, 0) is 65.4 Å². The van der Waals surface area contributed by atoms with E-state index in [2.05, 4.69) is 48.5 Å². The smallest absolute Gasteiger partial charge is 0.462 e. The summed E-state index contributed by atoms with van der Waals surface area (Å²) in [6.07, 6.45) is 48.5. The quantitative estimate of drug-likeness (QED) is 0.0222. The number of unbranched alkanes of at least 4 members (excludes halogenated alkanes) is 38. The van der Waals surface area contributed by atoms with E-state index in [1.54, 1.807) is 0 Å². The lowest BCUT2D eigenvalue weighted by atomic mass is 10.00. The highest BCUT2D eigenvalue weighted by atomic mass is 31.2. The van der Waals surface area contributed by atoms with Crippen LogP contribution in [0.15, 0.2) is 0 Å². The van der Waals surface area contributed by atoms with Gasteiger partial charge in [0.15, 0.2) is 12.2 Å². The van der Waals surface area contributed by atoms with Crippen LogP contribution in [0.2, 0.25) is 0 Å². The number of carbonyl (C=O) groups excluding carboxylic acids is 4. The number of aliphatic hydroxyl groups is 1. The molecular weight excluding hydrogens is 1210 g/mol. The molecule has 546 valence electrons. The van der Waals surface area contributed by atoms with Crippen LogP contribution in [0, 0.1) is 17.8 Å². The summed E-state index contributed by atoms with van der Waals surface area (Å²) in [6.45, 7) is 11.8. The van der Waals surface area contributed by atoms with Gasteiger partial charge in [0.25, 0.3) is 0 Å². The molecule has 0 aliphatic carbocycles. The van der Waals surface area contributed by atoms with Gasteiger partial charge >= 0.3 is 39.5 Å². The van der Waals surface area contributed by atoms with E-state index in [0.29, 0.717) is 25.7 Å². The van der Waals surface area contributed by atoms with Gasteiger partial charge in [-0.3, -0.25) is 37.3 Å². The molecule has 0 fully saturated rings. The largest absolute Gasteiger partial charge is 0.472 e. The van der Waals surface area contributed by atoms with Crippen LogP contribution in [0.5, 0.6) is 0 Å². The Labute approximate surface area is 562 Å². The van der Waals surface area contributed by atoms with Crippen molar-refractivity contribution in [3.63, 3.8) is 0 Å². The van der Waals surface area contributed by atoms with Gasteiger partial charge in [0.1, 0.15) is 19.3 Å². The predicted octanol–water partition coefficient (Wildman–Crippen LogP) is 21.0. The van der Waals surface area contributed by atoms with Gasteiger partial charge < -0.3 is 33.8 Å². The molecule has 17 nitrogen and oxygen atoms in total. The van der Waals surface area contributed by atoms with Gasteiger partial charge in [0.05, 0.1) is 26.4 Å². The molecule has 0 aromatic rings. The van der Waals surface area contributed by atoms with Crippen molar-refractivity contribution in [2.24, 2.45) is 17.8 Å². The number of phosphoric ester groups is 2. The Morgan fingerprint density at radius 3 is 0.826 bits per heavy atom. The van der Waals surface area contributed by atoms with E-state index in [1.807, 2.05) is 0 Å². The minimum atomic E-state index is -4.95. The molecule has 6 atom stereocenters. The van der Waals surface area contributed by atoms with E-state index >= 15 is 0 Å². The third-order valence-corrected chi connectivity index (χ3v) is 19.1. The van der Waals surface area contributed by atoms with Crippen molar-refractivity contribution in [1.82, 2.24) is 0 Å². The van der Waals surface area contributed by atoms with Crippen LogP contribution in [0.4, 0.5) is 0 Å². The Morgan fingerprint density at radius 2 is 0.554 bits per heavy atom. The fourth-order valence-corrected chi connectivity index (χ4v) is 12.6. The maximum atomic E-state index is 13.1. The second-order valence-corrected chi connectivity index (χ2v) is 30.4. The number of phosphoric acid groups is 2. The minimum Gasteiger partial charge on any atom is -0.462 e. The van der Waals surface area contributed by atoms with Crippen LogP contribution in [0.3, 0.4) is 0 Å². The Hall–Kier alpha value is -1.94. The Kier molecular flexibility index (Phi) is 62.4. The first-order valence-electron chi connectivity index (χ1n) is 37.9. The van der Waals surface area contributed by atoms with E-state index < -0.39 is 97.5 Å². The fraction of sp³-hybridized carbons (Fsp3) is 0.945. The summed E-state index contributed by atoms with van der Waals surface area (Å²) >= 11 is 0. The molecule has 3 N–H and O–H groups in total. The van der Waals surface area contributed by atoms with E-state index in [4.69, 9.17) is 37.0 Å². The zero-order valence-electron chi connectivity index (χ0n) is 60.0. The molecule has 0 aliphatic rings. The first-order chi connectivity index (χ1) is 44.3. The maximum absolute atomic E-state index is 13.1. The topological polar surface area (TPSA) is 237 Å². The van der Waals surface area contributed by atoms with Crippen LogP contribution in [0.25, 0.3) is 0 Å². The van der Waals surface area contributed by atoms with Crippen LogP contribution in [-0.4, -0.2) is 96.7 Å². The third-order valence-electron chi connectivity index (χ3n) is 17.2. The number of esters is 4. The first kappa shape index (κ1) is 90.1. The molecule has 0 heterocycles. The Balaban J connectivity index is 5.25. The summed E-state index contributed by atoms with van der Waals surface area (Å²) in [5.74, 6) is 0.140. The SMILES string of the molecule is CCCCCCCCCCCCCCCC(=O)OC[C@H](COP(=O)(O)OC[C@@H](O)COP(=O)(O)OC[C@@H](COC(=O)CCCCCCCCC(C)CC)OC(=O)CCCCCCCCCCCC(C)C)OC(=O)CCCCCCCCCCCCCCCCC(C)C. The number of rotatable bonds is 71. The van der Waals surface area contributed by atoms with Crippen molar-refractivity contribution in [3.8, 4) is 0 Å². The lowest BCUT2D eigenvalue weighted by molar-refractivity contribution is -0.161. The molecule has 0 spiro atoms. The summed E-state index contributed by atoms with van der Waals surface area (Å²) in [6, 6.07) is 0. The highest BCUT2D eigenvalue weighted by molar-refractivity contribution is 7.47. The van der Waals surface area contributed by atoms with Crippen molar-refractivity contribution >= 4 is 39.5 Å². The van der Waals surface area contributed by atoms with Crippen molar-refractivity contribution in [2.45, 2.75) is 388 Å². The normalized spacial score (nSPS) is 14.4. The van der Waals surface area contributed by atoms with Gasteiger partial charge in [-0.2, -0.15) is 0 Å².